The topological polar surface area (TPSA) is 56.3 Å². The minimum absolute atomic E-state index is 0.0561. The highest BCUT2D eigenvalue weighted by Crippen LogP contribution is 2.24. The van der Waals surface area contributed by atoms with Crippen LogP contribution in [0.3, 0.4) is 0 Å². The summed E-state index contributed by atoms with van der Waals surface area (Å²) in [5.74, 6) is 0.577. The molecule has 20 heavy (non-hydrogen) atoms. The third kappa shape index (κ3) is 2.73. The van der Waals surface area contributed by atoms with Crippen molar-refractivity contribution in [3.8, 4) is 5.88 Å². The zero-order valence-electron chi connectivity index (χ0n) is 11.8. The van der Waals surface area contributed by atoms with Gasteiger partial charge in [0, 0.05) is 23.9 Å². The molecule has 0 bridgehead atoms. The first kappa shape index (κ1) is 13.3. The number of hydrogen-bond donors (Lipinski definition) is 1. The number of hydrogen-bond acceptors (Lipinski definition) is 5. The number of fused-ring (bicyclic) bond motifs is 1. The van der Waals surface area contributed by atoms with Gasteiger partial charge in [-0.3, -0.25) is 0 Å². The Hall–Kier alpha value is -1.72. The summed E-state index contributed by atoms with van der Waals surface area (Å²) in [7, 11) is 0. The van der Waals surface area contributed by atoms with Gasteiger partial charge in [0.2, 0.25) is 5.88 Å². The molecule has 0 spiro atoms. The van der Waals surface area contributed by atoms with E-state index >= 15 is 0 Å². The van der Waals surface area contributed by atoms with Crippen molar-refractivity contribution in [1.29, 1.82) is 0 Å². The molecular formula is C15H19N3O2. The summed E-state index contributed by atoms with van der Waals surface area (Å²) in [4.78, 5) is 0. The Bertz CT molecular complexity index is 603. The zero-order valence-corrected chi connectivity index (χ0v) is 11.8. The van der Waals surface area contributed by atoms with Crippen LogP contribution in [-0.2, 0) is 4.74 Å². The van der Waals surface area contributed by atoms with Crippen LogP contribution in [0.15, 0.2) is 24.3 Å². The Labute approximate surface area is 118 Å². The maximum absolute atomic E-state index is 5.82. The van der Waals surface area contributed by atoms with Gasteiger partial charge in [-0.25, -0.2) is 0 Å². The highest BCUT2D eigenvalue weighted by molar-refractivity contribution is 5.88. The van der Waals surface area contributed by atoms with E-state index in [9.17, 15) is 0 Å². The van der Waals surface area contributed by atoms with Crippen LogP contribution in [0.5, 0.6) is 5.88 Å². The van der Waals surface area contributed by atoms with E-state index in [1.165, 1.54) is 0 Å². The number of nitrogens with one attached hydrogen (secondary N) is 1. The van der Waals surface area contributed by atoms with Crippen LogP contribution in [0, 0.1) is 6.92 Å². The molecule has 2 aromatic rings. The second-order valence-electron chi connectivity index (χ2n) is 5.17. The van der Waals surface area contributed by atoms with E-state index in [0.717, 1.165) is 29.6 Å². The maximum atomic E-state index is 5.82. The van der Waals surface area contributed by atoms with Crippen molar-refractivity contribution in [3.05, 3.63) is 30.0 Å². The van der Waals surface area contributed by atoms with Crippen LogP contribution in [0.4, 0.5) is 0 Å². The van der Waals surface area contributed by atoms with Gasteiger partial charge < -0.3 is 14.8 Å². The van der Waals surface area contributed by atoms with Gasteiger partial charge in [0.15, 0.2) is 0 Å². The molecule has 1 aliphatic rings. The van der Waals surface area contributed by atoms with Crippen LogP contribution >= 0.6 is 0 Å². The van der Waals surface area contributed by atoms with Gasteiger partial charge in [-0.15, -0.1) is 5.10 Å². The lowest BCUT2D eigenvalue weighted by Gasteiger charge is -2.28. The Morgan fingerprint density at radius 3 is 2.85 bits per heavy atom. The predicted octanol–water partition coefficient (Wildman–Crippen LogP) is 1.69. The van der Waals surface area contributed by atoms with Crippen LogP contribution in [0.25, 0.3) is 10.8 Å². The summed E-state index contributed by atoms with van der Waals surface area (Å²) in [5.41, 5.74) is 0.914. The molecule has 0 saturated carbocycles. The van der Waals surface area contributed by atoms with E-state index < -0.39 is 0 Å². The monoisotopic (exact) mass is 273 g/mol. The third-order valence-electron chi connectivity index (χ3n) is 3.47. The molecule has 0 aliphatic carbocycles. The smallest absolute Gasteiger partial charge is 0.241 e. The van der Waals surface area contributed by atoms with Gasteiger partial charge in [-0.1, -0.05) is 18.2 Å². The number of aromatic nitrogens is 2. The molecule has 1 saturated heterocycles. The second-order valence-corrected chi connectivity index (χ2v) is 5.17. The van der Waals surface area contributed by atoms with Gasteiger partial charge in [0.1, 0.15) is 12.7 Å². The summed E-state index contributed by atoms with van der Waals surface area (Å²) < 4.78 is 11.6. The van der Waals surface area contributed by atoms with E-state index in [0.29, 0.717) is 12.5 Å². The third-order valence-corrected chi connectivity index (χ3v) is 3.47. The largest absolute Gasteiger partial charge is 0.473 e. The van der Waals surface area contributed by atoms with Crippen molar-refractivity contribution in [3.63, 3.8) is 0 Å². The van der Waals surface area contributed by atoms with Crippen molar-refractivity contribution in [2.75, 3.05) is 19.7 Å². The van der Waals surface area contributed by atoms with Crippen LogP contribution in [0.2, 0.25) is 0 Å². The van der Waals surface area contributed by atoms with E-state index in [1.807, 2.05) is 31.2 Å². The lowest BCUT2D eigenvalue weighted by atomic mass is 10.1. The molecule has 1 fully saturated rings. The second kappa shape index (κ2) is 5.73. The molecule has 2 atom stereocenters. The highest BCUT2D eigenvalue weighted by atomic mass is 16.5. The van der Waals surface area contributed by atoms with Gasteiger partial charge in [0.25, 0.3) is 0 Å². The normalized spacial score (nSPS) is 22.9. The predicted molar refractivity (Wildman–Crippen MR) is 77.0 cm³/mol. The molecule has 2 unspecified atom stereocenters. The van der Waals surface area contributed by atoms with Crippen LogP contribution in [0.1, 0.15) is 12.6 Å². The molecule has 1 N–H and O–H groups in total. The lowest BCUT2D eigenvalue weighted by Crippen LogP contribution is -2.45. The number of aryl methyl sites for hydroxylation is 1. The first-order valence-electron chi connectivity index (χ1n) is 6.95. The number of ether oxygens (including phenoxy) is 2. The van der Waals surface area contributed by atoms with E-state index in [1.54, 1.807) is 0 Å². The Balaban J connectivity index is 1.76. The minimum atomic E-state index is 0.0561. The summed E-state index contributed by atoms with van der Waals surface area (Å²) >= 11 is 0. The van der Waals surface area contributed by atoms with Gasteiger partial charge in [0.05, 0.1) is 11.8 Å². The fourth-order valence-corrected chi connectivity index (χ4v) is 2.46. The summed E-state index contributed by atoms with van der Waals surface area (Å²) in [5, 5.41) is 13.7. The maximum Gasteiger partial charge on any atom is 0.241 e. The summed E-state index contributed by atoms with van der Waals surface area (Å²) in [6.07, 6.45) is 0.277. The fraction of sp³-hybridized carbons (Fsp3) is 0.467. The van der Waals surface area contributed by atoms with E-state index in [2.05, 4.69) is 22.4 Å². The highest BCUT2D eigenvalue weighted by Gasteiger charge is 2.20. The molecule has 0 amide bonds. The lowest BCUT2D eigenvalue weighted by molar-refractivity contribution is -0.0475. The molecule has 1 aliphatic heterocycles. The standard InChI is InChI=1S/C15H19N3O2/c1-10-7-16-8-12(20-10)9-19-15-14-6-4-3-5-13(14)11(2)17-18-15/h3-6,10,12,16H,7-9H2,1-2H3. The summed E-state index contributed by atoms with van der Waals surface area (Å²) in [6, 6.07) is 8.02. The van der Waals surface area contributed by atoms with Gasteiger partial charge in [-0.2, -0.15) is 5.10 Å². The van der Waals surface area contributed by atoms with Crippen molar-refractivity contribution >= 4 is 10.8 Å². The Kier molecular flexibility index (Phi) is 3.80. The molecule has 3 rings (SSSR count). The van der Waals surface area contributed by atoms with E-state index in [-0.39, 0.29) is 12.2 Å². The van der Waals surface area contributed by atoms with Crippen molar-refractivity contribution in [2.45, 2.75) is 26.1 Å². The first-order chi connectivity index (χ1) is 9.74. The van der Waals surface area contributed by atoms with Crippen LogP contribution < -0.4 is 10.1 Å². The molecule has 2 heterocycles. The van der Waals surface area contributed by atoms with Crippen LogP contribution in [-0.4, -0.2) is 42.1 Å². The average Bonchev–Trinajstić information content (AvgIpc) is 2.47. The fourth-order valence-electron chi connectivity index (χ4n) is 2.46. The minimum Gasteiger partial charge on any atom is -0.473 e. The van der Waals surface area contributed by atoms with Gasteiger partial charge >= 0.3 is 0 Å². The van der Waals surface area contributed by atoms with Crippen molar-refractivity contribution in [1.82, 2.24) is 15.5 Å². The first-order valence-corrected chi connectivity index (χ1v) is 6.95. The SMILES string of the molecule is Cc1nnc(OCC2CNCC(C)O2)c2ccccc12. The quantitative estimate of drug-likeness (QED) is 0.922. The average molecular weight is 273 g/mol. The number of benzene rings is 1. The Morgan fingerprint density at radius 1 is 1.25 bits per heavy atom. The number of morpholine rings is 1. The summed E-state index contributed by atoms with van der Waals surface area (Å²) in [6.45, 7) is 6.19. The van der Waals surface area contributed by atoms with Crippen molar-refractivity contribution in [2.24, 2.45) is 0 Å². The zero-order chi connectivity index (χ0) is 13.9. The molecule has 5 nitrogen and oxygen atoms in total. The van der Waals surface area contributed by atoms with Crippen molar-refractivity contribution < 1.29 is 9.47 Å². The molecule has 106 valence electrons. The van der Waals surface area contributed by atoms with Gasteiger partial charge in [-0.05, 0) is 19.9 Å². The Morgan fingerprint density at radius 2 is 2.05 bits per heavy atom. The number of nitrogens with zero attached hydrogens (tertiary/aromatic N) is 2. The number of rotatable bonds is 3. The van der Waals surface area contributed by atoms with E-state index in [4.69, 9.17) is 9.47 Å². The molecule has 0 radical (unpaired) electrons. The molecule has 5 heteroatoms. The molecular weight excluding hydrogens is 254 g/mol. The molecule has 1 aromatic carbocycles. The molecule has 1 aromatic heterocycles.